The van der Waals surface area contributed by atoms with Crippen LogP contribution in [0.1, 0.15) is 44.6 Å². The highest BCUT2D eigenvalue weighted by Crippen LogP contribution is 2.28. The minimum Gasteiger partial charge on any atom is -0.494 e. The van der Waals surface area contributed by atoms with Crippen molar-refractivity contribution in [2.75, 3.05) is 18.5 Å². The molecule has 0 unspecified atom stereocenters. The zero-order valence-corrected chi connectivity index (χ0v) is 19.6. The zero-order chi connectivity index (χ0) is 23.8. The van der Waals surface area contributed by atoms with Crippen molar-refractivity contribution in [2.24, 2.45) is 5.73 Å². The summed E-state index contributed by atoms with van der Waals surface area (Å²) in [6, 6.07) is 12.8. The van der Waals surface area contributed by atoms with Crippen LogP contribution in [0, 0.1) is 0 Å². The van der Waals surface area contributed by atoms with Crippen LogP contribution in [0.5, 0.6) is 5.75 Å². The summed E-state index contributed by atoms with van der Waals surface area (Å²) in [7, 11) is -3.87. The average Bonchev–Trinajstić information content (AvgIpc) is 2.79. The molecule has 0 heterocycles. The van der Waals surface area contributed by atoms with Crippen molar-refractivity contribution in [3.05, 3.63) is 54.1 Å². The summed E-state index contributed by atoms with van der Waals surface area (Å²) in [6.07, 6.45) is 4.50. The normalized spacial score (nSPS) is 14.7. The van der Waals surface area contributed by atoms with Crippen LogP contribution in [-0.2, 0) is 26.0 Å². The SMILES string of the molecule is CCOc1ccc(S(=O)(=O)N(CC(=O)Nc2ccc(CC(N)=O)cc2)C2CCCCC2)cc1. The number of amides is 2. The van der Waals surface area contributed by atoms with Gasteiger partial charge in [-0.15, -0.1) is 0 Å². The van der Waals surface area contributed by atoms with Gasteiger partial charge in [-0.25, -0.2) is 8.42 Å². The summed E-state index contributed by atoms with van der Waals surface area (Å²) >= 11 is 0. The van der Waals surface area contributed by atoms with Crippen molar-refractivity contribution in [3.63, 3.8) is 0 Å². The Balaban J connectivity index is 1.77. The van der Waals surface area contributed by atoms with Crippen LogP contribution in [0.25, 0.3) is 0 Å². The Hall–Kier alpha value is -2.91. The second kappa shape index (κ2) is 11.3. The van der Waals surface area contributed by atoms with Crippen molar-refractivity contribution < 1.29 is 22.7 Å². The fourth-order valence-electron chi connectivity index (χ4n) is 4.04. The van der Waals surface area contributed by atoms with Gasteiger partial charge in [-0.3, -0.25) is 9.59 Å². The van der Waals surface area contributed by atoms with E-state index in [1.165, 1.54) is 16.4 Å². The van der Waals surface area contributed by atoms with E-state index in [-0.39, 0.29) is 23.9 Å². The molecule has 33 heavy (non-hydrogen) atoms. The van der Waals surface area contributed by atoms with E-state index < -0.39 is 21.8 Å². The van der Waals surface area contributed by atoms with E-state index in [0.717, 1.165) is 37.7 Å². The Bertz CT molecular complexity index is 1050. The lowest BCUT2D eigenvalue weighted by Gasteiger charge is -2.33. The maximum Gasteiger partial charge on any atom is 0.243 e. The molecule has 2 aromatic rings. The van der Waals surface area contributed by atoms with Gasteiger partial charge in [-0.2, -0.15) is 4.31 Å². The minimum atomic E-state index is -3.87. The lowest BCUT2D eigenvalue weighted by Crippen LogP contribution is -2.45. The number of nitrogens with one attached hydrogen (secondary N) is 1. The van der Waals surface area contributed by atoms with Gasteiger partial charge in [-0.05, 0) is 61.7 Å². The van der Waals surface area contributed by atoms with Crippen LogP contribution in [0.15, 0.2) is 53.4 Å². The molecule has 3 N–H and O–H groups in total. The van der Waals surface area contributed by atoms with Crippen LogP contribution in [0.4, 0.5) is 5.69 Å². The maximum atomic E-state index is 13.5. The van der Waals surface area contributed by atoms with Crippen LogP contribution < -0.4 is 15.8 Å². The number of carbonyl (C=O) groups is 2. The molecular formula is C24H31N3O5S. The lowest BCUT2D eigenvalue weighted by molar-refractivity contribution is -0.118. The van der Waals surface area contributed by atoms with Gasteiger partial charge in [-0.1, -0.05) is 31.4 Å². The van der Waals surface area contributed by atoms with Crippen molar-refractivity contribution >= 4 is 27.5 Å². The summed E-state index contributed by atoms with van der Waals surface area (Å²) in [5.74, 6) is -0.259. The Morgan fingerprint density at radius 1 is 1.03 bits per heavy atom. The van der Waals surface area contributed by atoms with E-state index in [4.69, 9.17) is 10.5 Å². The molecule has 3 rings (SSSR count). The molecule has 1 saturated carbocycles. The third-order valence-corrected chi connectivity index (χ3v) is 7.55. The quantitative estimate of drug-likeness (QED) is 0.550. The van der Waals surface area contributed by atoms with Crippen LogP contribution in [0.3, 0.4) is 0 Å². The first-order valence-electron chi connectivity index (χ1n) is 11.2. The van der Waals surface area contributed by atoms with Crippen molar-refractivity contribution in [1.29, 1.82) is 0 Å². The van der Waals surface area contributed by atoms with E-state index in [2.05, 4.69) is 5.32 Å². The number of nitrogens with two attached hydrogens (primary N) is 1. The Morgan fingerprint density at radius 2 is 1.67 bits per heavy atom. The summed E-state index contributed by atoms with van der Waals surface area (Å²) in [5.41, 5.74) is 6.46. The number of anilines is 1. The average molecular weight is 474 g/mol. The molecule has 0 atom stereocenters. The third kappa shape index (κ3) is 6.79. The fraction of sp³-hybridized carbons (Fsp3) is 0.417. The second-order valence-corrected chi connectivity index (χ2v) is 10.0. The summed E-state index contributed by atoms with van der Waals surface area (Å²) < 4.78 is 33.7. The number of ether oxygens (including phenoxy) is 1. The van der Waals surface area contributed by atoms with Gasteiger partial charge in [0.15, 0.2) is 0 Å². The first-order chi connectivity index (χ1) is 15.8. The molecule has 8 nitrogen and oxygen atoms in total. The molecule has 0 bridgehead atoms. The number of hydrogen-bond acceptors (Lipinski definition) is 5. The molecule has 2 aromatic carbocycles. The topological polar surface area (TPSA) is 119 Å². The van der Waals surface area contributed by atoms with Crippen LogP contribution in [0.2, 0.25) is 0 Å². The first kappa shape index (κ1) is 24.7. The van der Waals surface area contributed by atoms with Crippen molar-refractivity contribution in [1.82, 2.24) is 4.31 Å². The maximum absolute atomic E-state index is 13.5. The van der Waals surface area contributed by atoms with Gasteiger partial charge < -0.3 is 15.8 Å². The molecular weight excluding hydrogens is 442 g/mol. The monoisotopic (exact) mass is 473 g/mol. The molecule has 0 radical (unpaired) electrons. The number of sulfonamides is 1. The molecule has 0 aromatic heterocycles. The predicted octanol–water partition coefficient (Wildman–Crippen LogP) is 3.08. The molecule has 1 aliphatic carbocycles. The number of carbonyl (C=O) groups excluding carboxylic acids is 2. The van der Waals surface area contributed by atoms with Gasteiger partial charge >= 0.3 is 0 Å². The molecule has 178 valence electrons. The predicted molar refractivity (Wildman–Crippen MR) is 126 cm³/mol. The molecule has 2 amide bonds. The summed E-state index contributed by atoms with van der Waals surface area (Å²) in [4.78, 5) is 24.0. The Labute approximate surface area is 195 Å². The van der Waals surface area contributed by atoms with Gasteiger partial charge in [0.1, 0.15) is 5.75 Å². The van der Waals surface area contributed by atoms with E-state index in [0.29, 0.717) is 18.0 Å². The second-order valence-electron chi connectivity index (χ2n) is 8.13. The molecule has 0 spiro atoms. The van der Waals surface area contributed by atoms with E-state index in [1.807, 2.05) is 6.92 Å². The van der Waals surface area contributed by atoms with E-state index >= 15 is 0 Å². The number of primary amides is 1. The smallest absolute Gasteiger partial charge is 0.243 e. The fourth-order valence-corrected chi connectivity index (χ4v) is 5.68. The number of rotatable bonds is 10. The van der Waals surface area contributed by atoms with Gasteiger partial charge in [0.05, 0.1) is 24.5 Å². The van der Waals surface area contributed by atoms with Crippen molar-refractivity contribution in [3.8, 4) is 5.75 Å². The van der Waals surface area contributed by atoms with Crippen LogP contribution in [-0.4, -0.2) is 43.7 Å². The highest BCUT2D eigenvalue weighted by Gasteiger charge is 2.34. The molecule has 1 aliphatic rings. The van der Waals surface area contributed by atoms with Crippen LogP contribution >= 0.6 is 0 Å². The number of hydrogen-bond donors (Lipinski definition) is 2. The zero-order valence-electron chi connectivity index (χ0n) is 18.8. The third-order valence-electron chi connectivity index (χ3n) is 5.64. The highest BCUT2D eigenvalue weighted by atomic mass is 32.2. The Morgan fingerprint density at radius 3 is 2.24 bits per heavy atom. The first-order valence-corrected chi connectivity index (χ1v) is 12.7. The lowest BCUT2D eigenvalue weighted by atomic mass is 9.95. The van der Waals surface area contributed by atoms with E-state index in [9.17, 15) is 18.0 Å². The summed E-state index contributed by atoms with van der Waals surface area (Å²) in [5, 5.41) is 2.76. The minimum absolute atomic E-state index is 0.115. The van der Waals surface area contributed by atoms with Gasteiger partial charge in [0.25, 0.3) is 0 Å². The largest absolute Gasteiger partial charge is 0.494 e. The number of nitrogens with zero attached hydrogens (tertiary/aromatic N) is 1. The number of benzene rings is 2. The van der Waals surface area contributed by atoms with E-state index in [1.54, 1.807) is 36.4 Å². The standard InChI is InChI=1S/C24H31N3O5S/c1-2-32-21-12-14-22(15-13-21)33(30,31)27(20-6-4-3-5-7-20)17-24(29)26-19-10-8-18(9-11-19)16-23(25)28/h8-15,20H,2-7,16-17H2,1H3,(H2,25,28)(H,26,29). The molecule has 1 fully saturated rings. The molecule has 0 aliphatic heterocycles. The molecule has 9 heteroatoms. The summed E-state index contributed by atoms with van der Waals surface area (Å²) in [6.45, 7) is 2.08. The van der Waals surface area contributed by atoms with Gasteiger partial charge in [0.2, 0.25) is 21.8 Å². The molecule has 0 saturated heterocycles. The Kier molecular flexibility index (Phi) is 8.46. The highest BCUT2D eigenvalue weighted by molar-refractivity contribution is 7.89. The van der Waals surface area contributed by atoms with Gasteiger partial charge in [0, 0.05) is 11.7 Å². The van der Waals surface area contributed by atoms with Crippen molar-refractivity contribution in [2.45, 2.75) is 56.4 Å².